The number of carbonyl (C=O) groups excluding carboxylic acids is 1. The Labute approximate surface area is 109 Å². The summed E-state index contributed by atoms with van der Waals surface area (Å²) in [7, 11) is 1.75. The van der Waals surface area contributed by atoms with Crippen LogP contribution >= 0.6 is 23.4 Å². The van der Waals surface area contributed by atoms with Gasteiger partial charge >= 0.3 is 0 Å². The first-order chi connectivity index (χ1) is 8.00. The number of hydrogen-bond donors (Lipinski definition) is 0. The number of likely N-dealkylation sites (N-methyl/N-ethyl adjacent to an activating group) is 1. The van der Waals surface area contributed by atoms with E-state index in [1.54, 1.807) is 18.0 Å². The Hall–Kier alpha value is -1.18. The lowest BCUT2D eigenvalue weighted by molar-refractivity contribution is -0.121. The van der Waals surface area contributed by atoms with Crippen LogP contribution < -0.4 is 4.90 Å². The fourth-order valence-corrected chi connectivity index (χ4v) is 2.96. The predicted molar refractivity (Wildman–Crippen MR) is 70.3 cm³/mol. The molecule has 1 unspecified atom stereocenters. The summed E-state index contributed by atoms with van der Waals surface area (Å²) in [5, 5.41) is 11.3. The molecule has 3 nitrogen and oxygen atoms in total. The average Bonchev–Trinajstić information content (AvgIpc) is 2.50. The number of thiocyanates is 1. The monoisotopic (exact) mass is 266 g/mol. The van der Waals surface area contributed by atoms with Crippen molar-refractivity contribution in [1.82, 2.24) is 0 Å². The predicted octanol–water partition coefficient (Wildman–Crippen LogP) is 2.79. The molecule has 1 atom stereocenters. The van der Waals surface area contributed by atoms with Gasteiger partial charge in [0, 0.05) is 23.5 Å². The van der Waals surface area contributed by atoms with E-state index in [-0.39, 0.29) is 5.91 Å². The summed E-state index contributed by atoms with van der Waals surface area (Å²) < 4.78 is 0. The summed E-state index contributed by atoms with van der Waals surface area (Å²) in [6.45, 7) is 1.86. The van der Waals surface area contributed by atoms with Crippen LogP contribution in [0.25, 0.3) is 0 Å². The van der Waals surface area contributed by atoms with Crippen molar-refractivity contribution in [3.05, 3.63) is 28.8 Å². The first-order valence-electron chi connectivity index (χ1n) is 5.10. The summed E-state index contributed by atoms with van der Waals surface area (Å²) in [5.74, 6) is 0.456. The highest BCUT2D eigenvalue weighted by Crippen LogP contribution is 2.43. The average molecular weight is 267 g/mol. The van der Waals surface area contributed by atoms with Crippen molar-refractivity contribution in [2.24, 2.45) is 0 Å². The van der Waals surface area contributed by atoms with E-state index < -0.39 is 5.41 Å². The molecule has 1 amide bonds. The van der Waals surface area contributed by atoms with E-state index in [2.05, 4.69) is 0 Å². The molecule has 1 aromatic carbocycles. The zero-order valence-electron chi connectivity index (χ0n) is 9.53. The topological polar surface area (TPSA) is 44.1 Å². The van der Waals surface area contributed by atoms with Gasteiger partial charge in [0.15, 0.2) is 0 Å². The van der Waals surface area contributed by atoms with Gasteiger partial charge in [0.25, 0.3) is 0 Å². The number of anilines is 1. The number of amides is 1. The molecule has 0 saturated heterocycles. The number of thioether (sulfide) groups is 1. The number of nitriles is 1. The van der Waals surface area contributed by atoms with Gasteiger partial charge in [0.1, 0.15) is 5.40 Å². The van der Waals surface area contributed by atoms with Crippen LogP contribution in [-0.2, 0) is 10.2 Å². The Balaban J connectivity index is 2.53. The molecule has 1 aliphatic rings. The molecule has 2 rings (SSSR count). The van der Waals surface area contributed by atoms with E-state index in [4.69, 9.17) is 16.9 Å². The van der Waals surface area contributed by atoms with Crippen LogP contribution in [0.3, 0.4) is 0 Å². The van der Waals surface area contributed by atoms with Gasteiger partial charge in [-0.1, -0.05) is 11.6 Å². The van der Waals surface area contributed by atoms with Crippen LogP contribution in [0.2, 0.25) is 5.02 Å². The minimum Gasteiger partial charge on any atom is -0.314 e. The Kier molecular flexibility index (Phi) is 3.07. The molecule has 17 heavy (non-hydrogen) atoms. The number of rotatable bonds is 2. The molecule has 0 radical (unpaired) electrons. The third-order valence-electron chi connectivity index (χ3n) is 3.12. The number of nitrogens with zero attached hydrogens (tertiary/aromatic N) is 2. The van der Waals surface area contributed by atoms with Crippen LogP contribution in [0.15, 0.2) is 18.2 Å². The summed E-state index contributed by atoms with van der Waals surface area (Å²) >= 11 is 7.07. The van der Waals surface area contributed by atoms with E-state index in [1.165, 1.54) is 0 Å². The molecule has 0 bridgehead atoms. The molecule has 0 saturated carbocycles. The van der Waals surface area contributed by atoms with Gasteiger partial charge in [-0.05, 0) is 42.4 Å². The highest BCUT2D eigenvalue weighted by molar-refractivity contribution is 8.03. The SMILES string of the molecule is CN1C(=O)C(C)(CSC#N)c2cc(Cl)ccc21. The zero-order chi connectivity index (χ0) is 12.6. The normalized spacial score (nSPS) is 22.5. The molecule has 0 aliphatic carbocycles. The molecular weight excluding hydrogens is 256 g/mol. The number of carbonyl (C=O) groups is 1. The highest BCUT2D eigenvalue weighted by atomic mass is 35.5. The third-order valence-corrected chi connectivity index (χ3v) is 4.20. The van der Waals surface area contributed by atoms with Crippen molar-refractivity contribution in [3.8, 4) is 5.40 Å². The van der Waals surface area contributed by atoms with Gasteiger partial charge in [0.05, 0.1) is 5.41 Å². The molecule has 0 spiro atoms. The molecule has 0 aromatic heterocycles. The number of fused-ring (bicyclic) bond motifs is 1. The summed E-state index contributed by atoms with van der Waals surface area (Å²) in [4.78, 5) is 13.9. The van der Waals surface area contributed by atoms with Crippen LogP contribution in [0, 0.1) is 10.7 Å². The van der Waals surface area contributed by atoms with Crippen LogP contribution in [0.4, 0.5) is 5.69 Å². The van der Waals surface area contributed by atoms with Crippen LogP contribution in [0.1, 0.15) is 12.5 Å². The Bertz CT molecular complexity index is 526. The van der Waals surface area contributed by atoms with Crippen molar-refractivity contribution < 1.29 is 4.79 Å². The quantitative estimate of drug-likeness (QED) is 0.773. The standard InChI is InChI=1S/C12H11ClN2OS/c1-12(6-17-7-14)9-5-8(13)3-4-10(9)15(2)11(12)16/h3-5H,6H2,1-2H3. The van der Waals surface area contributed by atoms with Crippen molar-refractivity contribution in [2.45, 2.75) is 12.3 Å². The van der Waals surface area contributed by atoms with Gasteiger partial charge in [-0.2, -0.15) is 5.26 Å². The van der Waals surface area contributed by atoms with Crippen molar-refractivity contribution >= 4 is 35.0 Å². The van der Waals surface area contributed by atoms with Gasteiger partial charge in [-0.15, -0.1) is 0 Å². The fraction of sp³-hybridized carbons (Fsp3) is 0.333. The molecule has 0 N–H and O–H groups in total. The van der Waals surface area contributed by atoms with Gasteiger partial charge in [0.2, 0.25) is 5.91 Å². The maximum absolute atomic E-state index is 12.3. The lowest BCUT2D eigenvalue weighted by Crippen LogP contribution is -2.38. The lowest BCUT2D eigenvalue weighted by Gasteiger charge is -2.21. The molecule has 1 aromatic rings. The molecule has 1 heterocycles. The second-order valence-corrected chi connectivity index (χ2v) is 5.43. The van der Waals surface area contributed by atoms with Crippen LogP contribution in [0.5, 0.6) is 0 Å². The smallest absolute Gasteiger partial charge is 0.238 e. The van der Waals surface area contributed by atoms with E-state index in [1.807, 2.05) is 24.5 Å². The van der Waals surface area contributed by atoms with Gasteiger partial charge < -0.3 is 4.90 Å². The number of hydrogen-bond acceptors (Lipinski definition) is 3. The van der Waals surface area contributed by atoms with Crippen molar-refractivity contribution in [3.63, 3.8) is 0 Å². The summed E-state index contributed by atoms with van der Waals surface area (Å²) in [5.41, 5.74) is 1.12. The molecule has 88 valence electrons. The van der Waals surface area contributed by atoms with Gasteiger partial charge in [-0.3, -0.25) is 4.79 Å². The lowest BCUT2D eigenvalue weighted by atomic mass is 9.86. The van der Waals surface area contributed by atoms with Crippen molar-refractivity contribution in [2.75, 3.05) is 17.7 Å². The Morgan fingerprint density at radius 1 is 1.59 bits per heavy atom. The Morgan fingerprint density at radius 3 is 2.94 bits per heavy atom. The van der Waals surface area contributed by atoms with Gasteiger partial charge in [-0.25, -0.2) is 0 Å². The summed E-state index contributed by atoms with van der Waals surface area (Å²) in [6.07, 6.45) is 0. The maximum Gasteiger partial charge on any atom is 0.238 e. The minimum absolute atomic E-state index is 0.0116. The molecular formula is C12H11ClN2OS. The van der Waals surface area contributed by atoms with Crippen LogP contribution in [-0.4, -0.2) is 18.7 Å². The van der Waals surface area contributed by atoms with E-state index in [0.29, 0.717) is 10.8 Å². The number of benzene rings is 1. The maximum atomic E-state index is 12.3. The summed E-state index contributed by atoms with van der Waals surface area (Å²) in [6, 6.07) is 5.43. The second kappa shape index (κ2) is 4.25. The first kappa shape index (κ1) is 12.3. The van der Waals surface area contributed by atoms with Crippen molar-refractivity contribution in [1.29, 1.82) is 5.26 Å². The largest absolute Gasteiger partial charge is 0.314 e. The second-order valence-electron chi connectivity index (χ2n) is 4.24. The molecule has 0 fully saturated rings. The first-order valence-corrected chi connectivity index (χ1v) is 6.46. The molecule has 5 heteroatoms. The fourth-order valence-electron chi connectivity index (χ4n) is 2.15. The van der Waals surface area contributed by atoms with E-state index >= 15 is 0 Å². The number of halogens is 1. The zero-order valence-corrected chi connectivity index (χ0v) is 11.1. The van der Waals surface area contributed by atoms with E-state index in [9.17, 15) is 4.79 Å². The minimum atomic E-state index is -0.657. The van der Waals surface area contributed by atoms with E-state index in [0.717, 1.165) is 23.0 Å². The Morgan fingerprint density at radius 2 is 2.29 bits per heavy atom. The third kappa shape index (κ3) is 1.80. The molecule has 1 aliphatic heterocycles. The highest BCUT2D eigenvalue weighted by Gasteiger charge is 2.45.